The third kappa shape index (κ3) is 6.23. The molecule has 1 saturated heterocycles. The molecule has 3 aliphatic rings. The topological polar surface area (TPSA) is 72.1 Å². The van der Waals surface area contributed by atoms with Crippen LogP contribution >= 0.6 is 0 Å². The lowest BCUT2D eigenvalue weighted by molar-refractivity contribution is -0.170. The maximum Gasteiger partial charge on any atom is 0.158 e. The molecule has 0 spiro atoms. The van der Waals surface area contributed by atoms with Gasteiger partial charge in [0.2, 0.25) is 0 Å². The van der Waals surface area contributed by atoms with Gasteiger partial charge in [0.25, 0.3) is 0 Å². The fourth-order valence-corrected chi connectivity index (χ4v) is 7.75. The number of rotatable bonds is 9. The van der Waals surface area contributed by atoms with Crippen molar-refractivity contribution in [1.82, 2.24) is 0 Å². The third-order valence-corrected chi connectivity index (χ3v) is 9.67. The van der Waals surface area contributed by atoms with E-state index in [4.69, 9.17) is 13.9 Å². The molecule has 5 nitrogen and oxygen atoms in total. The number of aliphatic hydroxyl groups excluding tert-OH is 1. The van der Waals surface area contributed by atoms with Crippen LogP contribution in [0.4, 0.5) is 0 Å². The molecule has 0 radical (unpaired) electrons. The molecule has 1 aliphatic heterocycles. The van der Waals surface area contributed by atoms with Crippen molar-refractivity contribution in [2.75, 3.05) is 13.2 Å². The van der Waals surface area contributed by atoms with Crippen LogP contribution in [-0.2, 0) is 9.47 Å². The van der Waals surface area contributed by atoms with Crippen molar-refractivity contribution in [1.29, 1.82) is 0 Å². The van der Waals surface area contributed by atoms with Crippen molar-refractivity contribution in [3.8, 4) is 0 Å². The third-order valence-electron chi connectivity index (χ3n) is 9.67. The molecule has 35 heavy (non-hydrogen) atoms. The van der Waals surface area contributed by atoms with Crippen molar-refractivity contribution in [3.63, 3.8) is 0 Å². The van der Waals surface area contributed by atoms with Crippen molar-refractivity contribution in [2.45, 2.75) is 116 Å². The lowest BCUT2D eigenvalue weighted by Gasteiger charge is -2.61. The Morgan fingerprint density at radius 2 is 1.97 bits per heavy atom. The molecule has 3 fully saturated rings. The zero-order chi connectivity index (χ0) is 25.1. The van der Waals surface area contributed by atoms with Gasteiger partial charge < -0.3 is 24.1 Å². The molecule has 1 unspecified atom stereocenters. The van der Waals surface area contributed by atoms with E-state index in [1.165, 1.54) is 24.8 Å². The van der Waals surface area contributed by atoms with Crippen LogP contribution in [0.1, 0.15) is 110 Å². The van der Waals surface area contributed by atoms with Gasteiger partial charge in [-0.1, -0.05) is 33.3 Å². The van der Waals surface area contributed by atoms with Crippen LogP contribution in [0.3, 0.4) is 0 Å². The van der Waals surface area contributed by atoms with E-state index < -0.39 is 11.7 Å². The van der Waals surface area contributed by atoms with Gasteiger partial charge in [-0.2, -0.15) is 0 Å². The number of ether oxygens (including phenoxy) is 2. The van der Waals surface area contributed by atoms with E-state index in [2.05, 4.69) is 33.8 Å². The molecule has 0 bridgehead atoms. The molecule has 198 valence electrons. The van der Waals surface area contributed by atoms with Gasteiger partial charge in [0.05, 0.1) is 30.8 Å². The zero-order valence-corrected chi connectivity index (χ0v) is 22.4. The molecule has 2 N–H and O–H groups in total. The summed E-state index contributed by atoms with van der Waals surface area (Å²) in [6, 6.07) is 1.82. The first-order chi connectivity index (χ1) is 16.6. The first-order valence-electron chi connectivity index (χ1n) is 14.0. The minimum atomic E-state index is -0.645. The van der Waals surface area contributed by atoms with E-state index in [0.717, 1.165) is 57.1 Å². The van der Waals surface area contributed by atoms with E-state index in [1.54, 1.807) is 12.5 Å². The van der Waals surface area contributed by atoms with Crippen LogP contribution < -0.4 is 0 Å². The number of fused-ring (bicyclic) bond motifs is 1. The Labute approximate surface area is 212 Å². The first kappa shape index (κ1) is 26.9. The Bertz CT molecular complexity index is 820. The summed E-state index contributed by atoms with van der Waals surface area (Å²) >= 11 is 0. The van der Waals surface area contributed by atoms with Crippen molar-refractivity contribution >= 4 is 0 Å². The highest BCUT2D eigenvalue weighted by Gasteiger charge is 2.57. The lowest BCUT2D eigenvalue weighted by Crippen LogP contribution is -2.57. The molecule has 1 aromatic rings. The van der Waals surface area contributed by atoms with Crippen LogP contribution in [0.2, 0.25) is 0 Å². The SMILES string of the molecule is CC1(C)CCC[C@]2(C)[C@@H](CC/C(=C/C[C@H](O)c3ccoc3)COC3CCCCO3)[C@](C)(O)CC[C@@H]12. The summed E-state index contributed by atoms with van der Waals surface area (Å²) in [6.45, 7) is 10.7. The maximum absolute atomic E-state index is 11.6. The molecule has 2 saturated carbocycles. The minimum absolute atomic E-state index is 0.134. The summed E-state index contributed by atoms with van der Waals surface area (Å²) < 4.78 is 17.1. The quantitative estimate of drug-likeness (QED) is 0.368. The predicted molar refractivity (Wildman–Crippen MR) is 138 cm³/mol. The molecular formula is C30H48O5. The molecule has 1 aromatic heterocycles. The van der Waals surface area contributed by atoms with E-state index in [0.29, 0.717) is 24.4 Å². The highest BCUT2D eigenvalue weighted by molar-refractivity contribution is 5.14. The molecular weight excluding hydrogens is 440 g/mol. The summed E-state index contributed by atoms with van der Waals surface area (Å²) in [5.41, 5.74) is 1.83. The van der Waals surface area contributed by atoms with Gasteiger partial charge >= 0.3 is 0 Å². The summed E-state index contributed by atoms with van der Waals surface area (Å²) in [5.74, 6) is 0.901. The largest absolute Gasteiger partial charge is 0.472 e. The average Bonchev–Trinajstić information content (AvgIpc) is 3.34. The second kappa shape index (κ2) is 11.1. The fourth-order valence-electron chi connectivity index (χ4n) is 7.75. The van der Waals surface area contributed by atoms with Gasteiger partial charge in [0.15, 0.2) is 6.29 Å². The Kier molecular flexibility index (Phi) is 8.52. The van der Waals surface area contributed by atoms with Gasteiger partial charge in [-0.15, -0.1) is 0 Å². The Hall–Kier alpha value is -1.14. The highest BCUT2D eigenvalue weighted by atomic mass is 16.7. The van der Waals surface area contributed by atoms with Gasteiger partial charge in [0, 0.05) is 12.2 Å². The zero-order valence-electron chi connectivity index (χ0n) is 22.4. The Morgan fingerprint density at radius 1 is 1.14 bits per heavy atom. The molecule has 5 heteroatoms. The first-order valence-corrected chi connectivity index (χ1v) is 14.0. The summed E-state index contributed by atoms with van der Waals surface area (Å²) in [6.07, 6.45) is 15.9. The molecule has 0 amide bonds. The van der Waals surface area contributed by atoms with Crippen molar-refractivity contribution < 1.29 is 24.1 Å². The maximum atomic E-state index is 11.6. The predicted octanol–water partition coefficient (Wildman–Crippen LogP) is 6.95. The molecule has 0 aromatic carbocycles. The van der Waals surface area contributed by atoms with Gasteiger partial charge in [0.1, 0.15) is 0 Å². The van der Waals surface area contributed by atoms with Crippen molar-refractivity contribution in [2.24, 2.45) is 22.7 Å². The van der Waals surface area contributed by atoms with E-state index in [1.807, 2.05) is 6.07 Å². The molecule has 2 aliphatic carbocycles. The van der Waals surface area contributed by atoms with E-state index in [9.17, 15) is 10.2 Å². The number of hydrogen-bond acceptors (Lipinski definition) is 5. The molecule has 2 heterocycles. The van der Waals surface area contributed by atoms with E-state index >= 15 is 0 Å². The van der Waals surface area contributed by atoms with Gasteiger partial charge in [-0.25, -0.2) is 0 Å². The summed E-state index contributed by atoms with van der Waals surface area (Å²) in [4.78, 5) is 0. The van der Waals surface area contributed by atoms with Gasteiger partial charge in [-0.05, 0) is 105 Å². The second-order valence-electron chi connectivity index (χ2n) is 12.7. The molecule has 4 rings (SSSR count). The van der Waals surface area contributed by atoms with Crippen LogP contribution in [-0.4, -0.2) is 35.3 Å². The smallest absolute Gasteiger partial charge is 0.158 e. The van der Waals surface area contributed by atoms with E-state index in [-0.39, 0.29) is 17.6 Å². The molecule has 6 atom stereocenters. The summed E-state index contributed by atoms with van der Waals surface area (Å²) in [5, 5.41) is 22.2. The van der Waals surface area contributed by atoms with Crippen LogP contribution in [0.15, 0.2) is 34.7 Å². The average molecular weight is 489 g/mol. The van der Waals surface area contributed by atoms with Crippen LogP contribution in [0, 0.1) is 22.7 Å². The number of aliphatic hydroxyl groups is 2. The van der Waals surface area contributed by atoms with Crippen LogP contribution in [0.5, 0.6) is 0 Å². The number of furan rings is 1. The lowest BCUT2D eigenvalue weighted by atomic mass is 9.45. The second-order valence-corrected chi connectivity index (χ2v) is 12.7. The number of hydrogen-bond donors (Lipinski definition) is 2. The fraction of sp³-hybridized carbons (Fsp3) is 0.800. The standard InChI is InChI=1S/C30H48O5/c1-28(2)15-7-16-29(3)25(28)13-17-30(4,32)26(29)12-10-22(20-35-27-8-5-6-18-34-27)9-11-24(31)23-14-19-33-21-23/h9,14,19,21,24-27,31-32H,5-8,10-13,15-18,20H2,1-4H3/b22-9-/t24-,25-,26+,27?,29-,30+/m0/s1. The monoisotopic (exact) mass is 488 g/mol. The highest BCUT2D eigenvalue weighted by Crippen LogP contribution is 2.63. The van der Waals surface area contributed by atoms with Gasteiger partial charge in [-0.3, -0.25) is 0 Å². The Morgan fingerprint density at radius 3 is 2.69 bits per heavy atom. The minimum Gasteiger partial charge on any atom is -0.472 e. The van der Waals surface area contributed by atoms with Crippen LogP contribution in [0.25, 0.3) is 0 Å². The normalized spacial score (nSPS) is 36.5. The Balaban J connectivity index is 1.47. The summed E-state index contributed by atoms with van der Waals surface area (Å²) in [7, 11) is 0. The van der Waals surface area contributed by atoms with Crippen molar-refractivity contribution in [3.05, 3.63) is 35.8 Å².